The summed E-state index contributed by atoms with van der Waals surface area (Å²) in [6.45, 7) is 6.19. The predicted octanol–water partition coefficient (Wildman–Crippen LogP) is 2.63. The summed E-state index contributed by atoms with van der Waals surface area (Å²) in [5.41, 5.74) is 0.802. The molecule has 0 unspecified atom stereocenters. The molecular weight excluding hydrogens is 518 g/mol. The number of amides is 1. The zero-order chi connectivity index (χ0) is 28.6. The molecule has 0 saturated carbocycles. The number of rotatable bonds is 15. The molecule has 1 aromatic rings. The van der Waals surface area contributed by atoms with Crippen LogP contribution in [0.25, 0.3) is 0 Å². The van der Waals surface area contributed by atoms with Crippen LogP contribution in [0.15, 0.2) is 12.1 Å². The predicted molar refractivity (Wildman–Crippen MR) is 148 cm³/mol. The first kappa shape index (κ1) is 30.4. The molecule has 40 heavy (non-hydrogen) atoms. The van der Waals surface area contributed by atoms with Crippen LogP contribution in [0, 0.1) is 5.92 Å². The van der Waals surface area contributed by atoms with Gasteiger partial charge in [0.1, 0.15) is 0 Å². The van der Waals surface area contributed by atoms with E-state index in [1.165, 1.54) is 0 Å². The molecule has 0 aromatic heterocycles. The number of likely N-dealkylation sites (tertiary alicyclic amines) is 1. The number of carboxylic acid groups (broad SMARTS) is 1. The minimum atomic E-state index is -0.885. The normalized spacial score (nSPS) is 22.8. The van der Waals surface area contributed by atoms with E-state index in [2.05, 4.69) is 16.7 Å². The van der Waals surface area contributed by atoms with Crippen LogP contribution in [-0.4, -0.2) is 118 Å². The number of benzene rings is 1. The van der Waals surface area contributed by atoms with Gasteiger partial charge < -0.3 is 38.6 Å². The lowest BCUT2D eigenvalue weighted by atomic mass is 9.83. The molecule has 224 valence electrons. The van der Waals surface area contributed by atoms with Crippen LogP contribution >= 0.6 is 0 Å². The summed E-state index contributed by atoms with van der Waals surface area (Å²) >= 11 is 0. The lowest BCUT2D eigenvalue weighted by molar-refractivity contribution is -0.144. The molecule has 4 rings (SSSR count). The third kappa shape index (κ3) is 7.37. The highest BCUT2D eigenvalue weighted by molar-refractivity contribution is 5.79. The monoisotopic (exact) mass is 563 g/mol. The minimum Gasteiger partial charge on any atom is -0.493 e. The Kier molecular flexibility index (Phi) is 10.9. The Morgan fingerprint density at radius 2 is 1.82 bits per heavy atom. The summed E-state index contributed by atoms with van der Waals surface area (Å²) < 4.78 is 28.0. The first-order valence-electron chi connectivity index (χ1n) is 14.4. The van der Waals surface area contributed by atoms with E-state index < -0.39 is 11.9 Å². The van der Waals surface area contributed by atoms with Gasteiger partial charge in [-0.1, -0.05) is 13.3 Å². The molecule has 0 aliphatic carbocycles. The second-order valence-electron chi connectivity index (χ2n) is 11.1. The number of ether oxygens (including phenoxy) is 5. The molecule has 3 heterocycles. The van der Waals surface area contributed by atoms with Gasteiger partial charge in [-0.2, -0.15) is 0 Å². The Balaban J connectivity index is 1.58. The molecule has 2 saturated heterocycles. The van der Waals surface area contributed by atoms with Gasteiger partial charge in [-0.05, 0) is 64.0 Å². The zero-order valence-electron chi connectivity index (χ0n) is 24.3. The number of nitrogens with zero attached hydrogens (tertiary/aromatic N) is 3. The van der Waals surface area contributed by atoms with Crippen molar-refractivity contribution in [3.63, 3.8) is 0 Å². The third-order valence-corrected chi connectivity index (χ3v) is 8.04. The van der Waals surface area contributed by atoms with Crippen LogP contribution in [0.1, 0.15) is 50.5 Å². The Bertz CT molecular complexity index is 1000. The number of aliphatic carboxylic acids is 1. The highest BCUT2D eigenvalue weighted by atomic mass is 16.7. The maximum atomic E-state index is 13.7. The number of fused-ring (bicyclic) bond motifs is 1. The Hall–Kier alpha value is -2.60. The van der Waals surface area contributed by atoms with Crippen molar-refractivity contribution in [3.05, 3.63) is 17.7 Å². The van der Waals surface area contributed by atoms with Gasteiger partial charge in [0.05, 0.1) is 32.8 Å². The average molecular weight is 564 g/mol. The summed E-state index contributed by atoms with van der Waals surface area (Å²) in [4.78, 5) is 32.6. The number of carbonyl (C=O) groups is 2. The number of hydrogen-bond donors (Lipinski definition) is 1. The molecule has 0 radical (unpaired) electrons. The van der Waals surface area contributed by atoms with Crippen LogP contribution < -0.4 is 14.2 Å². The summed E-state index contributed by atoms with van der Waals surface area (Å²) in [5.74, 6) is -0.343. The zero-order valence-corrected chi connectivity index (χ0v) is 24.3. The van der Waals surface area contributed by atoms with Crippen molar-refractivity contribution in [3.8, 4) is 17.2 Å². The van der Waals surface area contributed by atoms with Gasteiger partial charge in [-0.3, -0.25) is 14.5 Å². The van der Waals surface area contributed by atoms with E-state index in [1.807, 2.05) is 31.1 Å². The van der Waals surface area contributed by atoms with E-state index in [-0.39, 0.29) is 37.5 Å². The molecular formula is C29H45N3O8. The summed E-state index contributed by atoms with van der Waals surface area (Å²) in [5, 5.41) is 10.5. The molecule has 11 nitrogen and oxygen atoms in total. The van der Waals surface area contributed by atoms with Crippen molar-refractivity contribution in [2.75, 3.05) is 73.9 Å². The van der Waals surface area contributed by atoms with Crippen molar-refractivity contribution in [2.45, 2.75) is 57.3 Å². The second-order valence-corrected chi connectivity index (χ2v) is 11.1. The molecule has 3 aliphatic heterocycles. The van der Waals surface area contributed by atoms with Gasteiger partial charge in [0.2, 0.25) is 18.4 Å². The summed E-state index contributed by atoms with van der Waals surface area (Å²) in [6, 6.07) is 3.34. The number of hydrogen-bond acceptors (Lipinski definition) is 9. The number of carboxylic acids is 1. The van der Waals surface area contributed by atoms with E-state index in [1.54, 1.807) is 7.11 Å². The van der Waals surface area contributed by atoms with Crippen molar-refractivity contribution in [2.24, 2.45) is 5.92 Å². The van der Waals surface area contributed by atoms with E-state index >= 15 is 0 Å². The first-order chi connectivity index (χ1) is 19.3. The molecule has 1 N–H and O–H groups in total. The Morgan fingerprint density at radius 1 is 1.07 bits per heavy atom. The van der Waals surface area contributed by atoms with Gasteiger partial charge in [-0.25, -0.2) is 0 Å². The van der Waals surface area contributed by atoms with Crippen molar-refractivity contribution >= 4 is 11.9 Å². The minimum absolute atomic E-state index is 0.0404. The van der Waals surface area contributed by atoms with Gasteiger partial charge >= 0.3 is 5.97 Å². The molecule has 3 atom stereocenters. The van der Waals surface area contributed by atoms with E-state index in [9.17, 15) is 14.7 Å². The first-order valence-corrected chi connectivity index (χ1v) is 14.4. The SMILES string of the molecule is CCCCN(CCCN(C)C)C(=O)CN1C[C@H](c2cc(OC)c3c(c2)OCO3)[C@@H](C(=O)O)[C@@H]1CCC1OCCO1. The van der Waals surface area contributed by atoms with Crippen LogP contribution in [0.2, 0.25) is 0 Å². The fourth-order valence-corrected chi connectivity index (χ4v) is 6.00. The number of carbonyl (C=O) groups excluding carboxylic acids is 1. The highest BCUT2D eigenvalue weighted by Crippen LogP contribution is 2.47. The lowest BCUT2D eigenvalue weighted by Crippen LogP contribution is -2.45. The summed E-state index contributed by atoms with van der Waals surface area (Å²) in [7, 11) is 5.62. The third-order valence-electron chi connectivity index (χ3n) is 8.04. The fourth-order valence-electron chi connectivity index (χ4n) is 6.00. The van der Waals surface area contributed by atoms with Crippen LogP contribution in [0.4, 0.5) is 0 Å². The molecule has 1 amide bonds. The molecule has 0 spiro atoms. The molecule has 11 heteroatoms. The Labute approximate surface area is 237 Å². The maximum Gasteiger partial charge on any atom is 0.308 e. The molecule has 2 fully saturated rings. The number of methoxy groups -OCH3 is 1. The largest absolute Gasteiger partial charge is 0.493 e. The fraction of sp³-hybridized carbons (Fsp3) is 0.724. The van der Waals surface area contributed by atoms with Gasteiger partial charge in [0.15, 0.2) is 17.8 Å². The molecule has 3 aliphatic rings. The standard InChI is InChI=1S/C29H45N3O8/c1-5-6-11-31(12-7-10-30(2)3)25(33)18-32-17-21(20-15-23(36-4)28-24(16-20)39-19-40-28)27(29(34)35)22(32)8-9-26-37-13-14-38-26/h15-16,21-22,26-27H,5-14,17-19H2,1-4H3,(H,34,35)/t21-,22+,27-/m1/s1. The lowest BCUT2D eigenvalue weighted by Gasteiger charge is -2.30. The van der Waals surface area contributed by atoms with E-state index in [4.69, 9.17) is 23.7 Å². The van der Waals surface area contributed by atoms with Crippen LogP contribution in [0.3, 0.4) is 0 Å². The summed E-state index contributed by atoms with van der Waals surface area (Å²) in [6.07, 6.45) is 3.59. The quantitative estimate of drug-likeness (QED) is 0.342. The topological polar surface area (TPSA) is 110 Å². The second kappa shape index (κ2) is 14.3. The van der Waals surface area contributed by atoms with Gasteiger partial charge in [0, 0.05) is 31.6 Å². The van der Waals surface area contributed by atoms with E-state index in [0.29, 0.717) is 62.9 Å². The molecule has 1 aromatic carbocycles. The van der Waals surface area contributed by atoms with Crippen molar-refractivity contribution < 1.29 is 38.4 Å². The maximum absolute atomic E-state index is 13.7. The average Bonchev–Trinajstić information content (AvgIpc) is 3.68. The Morgan fingerprint density at radius 3 is 2.50 bits per heavy atom. The molecule has 0 bridgehead atoms. The highest BCUT2D eigenvalue weighted by Gasteiger charge is 2.48. The van der Waals surface area contributed by atoms with Crippen LogP contribution in [0.5, 0.6) is 17.2 Å². The van der Waals surface area contributed by atoms with E-state index in [0.717, 1.165) is 31.4 Å². The van der Waals surface area contributed by atoms with Crippen molar-refractivity contribution in [1.29, 1.82) is 0 Å². The smallest absolute Gasteiger partial charge is 0.308 e. The van der Waals surface area contributed by atoms with Gasteiger partial charge in [0.25, 0.3) is 0 Å². The van der Waals surface area contributed by atoms with Crippen molar-refractivity contribution in [1.82, 2.24) is 14.7 Å². The van der Waals surface area contributed by atoms with Crippen LogP contribution in [-0.2, 0) is 19.1 Å². The van der Waals surface area contributed by atoms with Gasteiger partial charge in [-0.15, -0.1) is 0 Å². The number of unbranched alkanes of at least 4 members (excludes halogenated alkanes) is 1.